The lowest BCUT2D eigenvalue weighted by Gasteiger charge is -2.34. The van der Waals surface area contributed by atoms with E-state index in [0.29, 0.717) is 17.3 Å². The van der Waals surface area contributed by atoms with Crippen molar-refractivity contribution in [3.63, 3.8) is 0 Å². The number of thiophene rings is 1. The molecule has 0 bridgehead atoms. The molecule has 130 valence electrons. The molecule has 2 aliphatic rings. The van der Waals surface area contributed by atoms with Crippen molar-refractivity contribution < 1.29 is 16.8 Å². The molecule has 10 heteroatoms. The van der Waals surface area contributed by atoms with E-state index in [0.717, 1.165) is 18.4 Å². The highest BCUT2D eigenvalue weighted by Crippen LogP contribution is 2.25. The minimum absolute atomic E-state index is 0.201. The fourth-order valence-corrected chi connectivity index (χ4v) is 7.37. The van der Waals surface area contributed by atoms with Crippen LogP contribution in [0, 0.1) is 6.92 Å². The van der Waals surface area contributed by atoms with Gasteiger partial charge in [0, 0.05) is 39.3 Å². The monoisotopic (exact) mass is 379 g/mol. The number of aryl methyl sites for hydroxylation is 1. The lowest BCUT2D eigenvalue weighted by Crippen LogP contribution is -2.53. The summed E-state index contributed by atoms with van der Waals surface area (Å²) in [6.07, 6.45) is 1.79. The van der Waals surface area contributed by atoms with Crippen LogP contribution < -0.4 is 0 Å². The summed E-state index contributed by atoms with van der Waals surface area (Å²) < 4.78 is 54.8. The zero-order valence-electron chi connectivity index (χ0n) is 13.0. The Bertz CT molecular complexity index is 758. The maximum Gasteiger partial charge on any atom is 0.282 e. The molecule has 1 aromatic heterocycles. The predicted octanol–water partition coefficient (Wildman–Crippen LogP) is 0.703. The van der Waals surface area contributed by atoms with Crippen molar-refractivity contribution in [1.29, 1.82) is 0 Å². The van der Waals surface area contributed by atoms with E-state index in [9.17, 15) is 16.8 Å². The zero-order chi connectivity index (χ0) is 16.7. The maximum absolute atomic E-state index is 12.6. The molecule has 0 amide bonds. The molecule has 0 spiro atoms. The average Bonchev–Trinajstić information content (AvgIpc) is 3.19. The molecular weight excluding hydrogens is 358 g/mol. The van der Waals surface area contributed by atoms with Crippen LogP contribution in [0.1, 0.15) is 18.4 Å². The summed E-state index contributed by atoms with van der Waals surface area (Å²) in [6, 6.07) is 1.66. The van der Waals surface area contributed by atoms with Crippen LogP contribution in [-0.2, 0) is 20.2 Å². The predicted molar refractivity (Wildman–Crippen MR) is 89.1 cm³/mol. The number of piperazine rings is 1. The van der Waals surface area contributed by atoms with Crippen LogP contribution in [0.25, 0.3) is 0 Å². The van der Waals surface area contributed by atoms with E-state index >= 15 is 0 Å². The standard InChI is InChI=1S/C13H21N3O4S3/c1-12-10-13(21-11-12)22(17,18)14-6-8-16(9-7-14)23(19,20)15-4-2-3-5-15/h10-11H,2-9H2,1H3. The van der Waals surface area contributed by atoms with Crippen molar-refractivity contribution >= 4 is 31.6 Å². The Hall–Kier alpha value is -0.520. The van der Waals surface area contributed by atoms with Gasteiger partial charge in [0.2, 0.25) is 0 Å². The van der Waals surface area contributed by atoms with Crippen LogP contribution in [0.15, 0.2) is 15.7 Å². The summed E-state index contributed by atoms with van der Waals surface area (Å²) in [4.78, 5) is 0. The molecule has 3 rings (SSSR count). The molecule has 23 heavy (non-hydrogen) atoms. The Morgan fingerprint density at radius 3 is 1.91 bits per heavy atom. The Balaban J connectivity index is 1.69. The van der Waals surface area contributed by atoms with Gasteiger partial charge in [-0.25, -0.2) is 8.42 Å². The van der Waals surface area contributed by atoms with Gasteiger partial charge in [-0.3, -0.25) is 0 Å². The summed E-state index contributed by atoms with van der Waals surface area (Å²) >= 11 is 1.21. The molecule has 0 atom stereocenters. The first-order chi connectivity index (χ1) is 10.8. The first kappa shape index (κ1) is 17.3. The normalized spacial score (nSPS) is 22.7. The van der Waals surface area contributed by atoms with Crippen LogP contribution in [-0.4, -0.2) is 69.0 Å². The van der Waals surface area contributed by atoms with E-state index in [1.165, 1.54) is 24.3 Å². The molecule has 2 fully saturated rings. The highest BCUT2D eigenvalue weighted by molar-refractivity contribution is 7.91. The molecular formula is C13H21N3O4S3. The van der Waals surface area contributed by atoms with Crippen molar-refractivity contribution in [2.24, 2.45) is 0 Å². The van der Waals surface area contributed by atoms with E-state index in [-0.39, 0.29) is 26.2 Å². The van der Waals surface area contributed by atoms with Crippen LogP contribution in [0.3, 0.4) is 0 Å². The Kier molecular flexibility index (Phi) is 4.83. The minimum Gasteiger partial charge on any atom is -0.206 e. The van der Waals surface area contributed by atoms with Crippen molar-refractivity contribution in [2.45, 2.75) is 24.0 Å². The summed E-state index contributed by atoms with van der Waals surface area (Å²) in [5.41, 5.74) is 0.920. The molecule has 0 saturated carbocycles. The summed E-state index contributed by atoms with van der Waals surface area (Å²) in [6.45, 7) is 3.81. The second-order valence-corrected chi connectivity index (χ2v) is 10.9. The second kappa shape index (κ2) is 6.41. The summed E-state index contributed by atoms with van der Waals surface area (Å²) in [5, 5.41) is 1.81. The van der Waals surface area contributed by atoms with Gasteiger partial charge in [-0.1, -0.05) is 0 Å². The molecule has 0 N–H and O–H groups in total. The van der Waals surface area contributed by atoms with Gasteiger partial charge in [-0.15, -0.1) is 11.3 Å². The quantitative estimate of drug-likeness (QED) is 0.772. The number of sulfonamides is 1. The fourth-order valence-electron chi connectivity index (χ4n) is 2.89. The number of hydrogen-bond donors (Lipinski definition) is 0. The van der Waals surface area contributed by atoms with E-state index in [1.807, 2.05) is 6.92 Å². The first-order valence-corrected chi connectivity index (χ1v) is 11.3. The lowest BCUT2D eigenvalue weighted by molar-refractivity contribution is 0.259. The topological polar surface area (TPSA) is 78.0 Å². The zero-order valence-corrected chi connectivity index (χ0v) is 15.5. The minimum atomic E-state index is -3.51. The van der Waals surface area contributed by atoms with E-state index in [1.54, 1.807) is 11.4 Å². The number of rotatable bonds is 4. The largest absolute Gasteiger partial charge is 0.282 e. The smallest absolute Gasteiger partial charge is 0.206 e. The Morgan fingerprint density at radius 1 is 0.870 bits per heavy atom. The van der Waals surface area contributed by atoms with Crippen LogP contribution in [0.2, 0.25) is 0 Å². The lowest BCUT2D eigenvalue weighted by atomic mass is 10.4. The molecule has 0 aromatic carbocycles. The van der Waals surface area contributed by atoms with Crippen molar-refractivity contribution in [3.05, 3.63) is 17.0 Å². The van der Waals surface area contributed by atoms with Gasteiger partial charge in [0.25, 0.3) is 20.2 Å². The second-order valence-electron chi connectivity index (χ2n) is 5.86. The first-order valence-electron chi connectivity index (χ1n) is 7.62. The SMILES string of the molecule is Cc1csc(S(=O)(=O)N2CCN(S(=O)(=O)N3CCCC3)CC2)c1. The van der Waals surface area contributed by atoms with E-state index in [2.05, 4.69) is 0 Å². The third-order valence-corrected chi connectivity index (χ3v) is 9.68. The van der Waals surface area contributed by atoms with Gasteiger partial charge in [0.05, 0.1) is 0 Å². The van der Waals surface area contributed by atoms with Crippen molar-refractivity contribution in [3.8, 4) is 0 Å². The third kappa shape index (κ3) is 3.33. The van der Waals surface area contributed by atoms with Crippen molar-refractivity contribution in [2.75, 3.05) is 39.3 Å². The number of hydrogen-bond acceptors (Lipinski definition) is 5. The van der Waals surface area contributed by atoms with E-state index < -0.39 is 20.2 Å². The summed E-state index contributed by atoms with van der Waals surface area (Å²) in [7, 11) is -6.96. The molecule has 1 aromatic rings. The third-order valence-electron chi connectivity index (χ3n) is 4.22. The van der Waals surface area contributed by atoms with Gasteiger partial charge in [-0.05, 0) is 36.8 Å². The summed E-state index contributed by atoms with van der Waals surface area (Å²) in [5.74, 6) is 0. The van der Waals surface area contributed by atoms with Crippen LogP contribution in [0.4, 0.5) is 0 Å². The Morgan fingerprint density at radius 2 is 1.39 bits per heavy atom. The Labute approximate surface area is 141 Å². The van der Waals surface area contributed by atoms with E-state index in [4.69, 9.17) is 0 Å². The molecule has 7 nitrogen and oxygen atoms in total. The molecule has 2 saturated heterocycles. The van der Waals surface area contributed by atoms with Gasteiger partial charge in [0.1, 0.15) is 4.21 Å². The maximum atomic E-state index is 12.6. The average molecular weight is 380 g/mol. The van der Waals surface area contributed by atoms with Crippen LogP contribution in [0.5, 0.6) is 0 Å². The van der Waals surface area contributed by atoms with Gasteiger partial charge in [0.15, 0.2) is 0 Å². The molecule has 0 radical (unpaired) electrons. The molecule has 0 aliphatic carbocycles. The van der Waals surface area contributed by atoms with Gasteiger partial charge in [-0.2, -0.15) is 21.3 Å². The number of nitrogens with zero attached hydrogens (tertiary/aromatic N) is 3. The van der Waals surface area contributed by atoms with Crippen LogP contribution >= 0.6 is 11.3 Å². The molecule has 3 heterocycles. The van der Waals surface area contributed by atoms with Crippen molar-refractivity contribution in [1.82, 2.24) is 12.9 Å². The van der Waals surface area contributed by atoms with Gasteiger partial charge < -0.3 is 0 Å². The highest BCUT2D eigenvalue weighted by atomic mass is 32.2. The molecule has 2 aliphatic heterocycles. The van der Waals surface area contributed by atoms with Gasteiger partial charge >= 0.3 is 0 Å². The highest BCUT2D eigenvalue weighted by Gasteiger charge is 2.37. The fraction of sp³-hybridized carbons (Fsp3) is 0.692. The molecule has 0 unspecified atom stereocenters.